The van der Waals surface area contributed by atoms with Crippen molar-refractivity contribution in [3.8, 4) is 5.88 Å². The Morgan fingerprint density at radius 3 is 2.40 bits per heavy atom. The maximum atomic E-state index is 12.4. The molecule has 1 N–H and O–H groups in total. The molecule has 0 bridgehead atoms. The number of esters is 1. The number of aliphatic hydroxyl groups is 1. The van der Waals surface area contributed by atoms with Crippen molar-refractivity contribution in [1.29, 1.82) is 0 Å². The number of methoxy groups -OCH3 is 1. The minimum atomic E-state index is -1.80. The SMILES string of the molecule is CCCOC(=O)c1cc(C(O)(CC)C(C)=O)c(COCc2ccccc2)c(OC)n1. The molecule has 0 fully saturated rings. The second-order valence-corrected chi connectivity index (χ2v) is 6.93. The topological polar surface area (TPSA) is 95.0 Å². The number of aromatic nitrogens is 1. The van der Waals surface area contributed by atoms with E-state index in [0.717, 1.165) is 5.56 Å². The first-order valence-corrected chi connectivity index (χ1v) is 9.97. The van der Waals surface area contributed by atoms with Gasteiger partial charge in [0, 0.05) is 11.1 Å². The number of hydrogen-bond acceptors (Lipinski definition) is 7. The zero-order chi connectivity index (χ0) is 22.1. The van der Waals surface area contributed by atoms with Crippen LogP contribution in [0, 0.1) is 0 Å². The number of Topliss-reactive ketones (excluding diaryl/α,β-unsaturated/α-hetero) is 1. The molecule has 1 atom stereocenters. The maximum Gasteiger partial charge on any atom is 0.357 e. The van der Waals surface area contributed by atoms with Gasteiger partial charge in [-0.1, -0.05) is 44.2 Å². The zero-order valence-corrected chi connectivity index (χ0v) is 17.9. The molecule has 1 aromatic heterocycles. The molecule has 30 heavy (non-hydrogen) atoms. The summed E-state index contributed by atoms with van der Waals surface area (Å²) in [6.45, 7) is 5.49. The average Bonchev–Trinajstić information content (AvgIpc) is 2.77. The molecule has 0 aliphatic rings. The molecule has 2 aromatic rings. The third-order valence-corrected chi connectivity index (χ3v) is 4.82. The molecule has 0 saturated carbocycles. The zero-order valence-electron chi connectivity index (χ0n) is 17.9. The summed E-state index contributed by atoms with van der Waals surface area (Å²) in [6.07, 6.45) is 0.776. The summed E-state index contributed by atoms with van der Waals surface area (Å²) < 4.78 is 16.4. The minimum absolute atomic E-state index is 0.0322. The summed E-state index contributed by atoms with van der Waals surface area (Å²) >= 11 is 0. The molecule has 0 spiro atoms. The number of nitrogens with zero attached hydrogens (tertiary/aromatic N) is 1. The summed E-state index contributed by atoms with van der Waals surface area (Å²) in [7, 11) is 1.41. The van der Waals surface area contributed by atoms with E-state index in [1.54, 1.807) is 6.92 Å². The van der Waals surface area contributed by atoms with E-state index in [1.807, 2.05) is 37.3 Å². The van der Waals surface area contributed by atoms with Crippen molar-refractivity contribution < 1.29 is 28.9 Å². The standard InChI is InChI=1S/C23H29NO6/c1-5-12-30-22(26)20-13-19(23(27,6-2)16(3)25)18(21(24-20)28-4)15-29-14-17-10-8-7-9-11-17/h7-11,13,27H,5-6,12,14-15H2,1-4H3. The molecular formula is C23H29NO6. The summed E-state index contributed by atoms with van der Waals surface area (Å²) in [5.74, 6) is -0.984. The molecule has 0 aliphatic heterocycles. The molecule has 2 rings (SSSR count). The molecule has 0 amide bonds. The third kappa shape index (κ3) is 5.43. The summed E-state index contributed by atoms with van der Waals surface area (Å²) in [6, 6.07) is 11.0. The third-order valence-electron chi connectivity index (χ3n) is 4.82. The lowest BCUT2D eigenvalue weighted by molar-refractivity contribution is -0.136. The molecule has 0 radical (unpaired) electrons. The maximum absolute atomic E-state index is 12.4. The highest BCUT2D eigenvalue weighted by molar-refractivity contribution is 5.90. The van der Waals surface area contributed by atoms with Gasteiger partial charge in [0.05, 0.1) is 26.9 Å². The van der Waals surface area contributed by atoms with Crippen LogP contribution in [0.5, 0.6) is 5.88 Å². The lowest BCUT2D eigenvalue weighted by Crippen LogP contribution is -2.35. The Morgan fingerprint density at radius 1 is 1.13 bits per heavy atom. The van der Waals surface area contributed by atoms with Gasteiger partial charge in [-0.25, -0.2) is 9.78 Å². The molecule has 162 valence electrons. The van der Waals surface area contributed by atoms with E-state index < -0.39 is 17.4 Å². The van der Waals surface area contributed by atoms with E-state index in [9.17, 15) is 14.7 Å². The highest BCUT2D eigenvalue weighted by Gasteiger charge is 2.37. The Balaban J connectivity index is 2.46. The predicted molar refractivity (Wildman–Crippen MR) is 111 cm³/mol. The van der Waals surface area contributed by atoms with Crippen molar-refractivity contribution in [3.05, 3.63) is 58.8 Å². The first-order valence-electron chi connectivity index (χ1n) is 9.97. The smallest absolute Gasteiger partial charge is 0.357 e. The number of carbonyl (C=O) groups excluding carboxylic acids is 2. The van der Waals surface area contributed by atoms with Crippen molar-refractivity contribution in [2.45, 2.75) is 52.4 Å². The minimum Gasteiger partial charge on any atom is -0.481 e. The van der Waals surface area contributed by atoms with E-state index in [4.69, 9.17) is 14.2 Å². The number of carbonyl (C=O) groups is 2. The van der Waals surface area contributed by atoms with Gasteiger partial charge in [-0.3, -0.25) is 4.79 Å². The van der Waals surface area contributed by atoms with Crippen LogP contribution in [0.3, 0.4) is 0 Å². The van der Waals surface area contributed by atoms with E-state index in [-0.39, 0.29) is 36.8 Å². The summed E-state index contributed by atoms with van der Waals surface area (Å²) in [5, 5.41) is 11.1. The number of benzene rings is 1. The van der Waals surface area contributed by atoms with E-state index in [2.05, 4.69) is 4.98 Å². The van der Waals surface area contributed by atoms with Gasteiger partial charge in [0.25, 0.3) is 0 Å². The number of pyridine rings is 1. The first kappa shape index (κ1) is 23.5. The Labute approximate surface area is 177 Å². The van der Waals surface area contributed by atoms with Crippen molar-refractivity contribution >= 4 is 11.8 Å². The van der Waals surface area contributed by atoms with Gasteiger partial charge in [-0.15, -0.1) is 0 Å². The van der Waals surface area contributed by atoms with Crippen LogP contribution in [0.1, 0.15) is 60.8 Å². The lowest BCUT2D eigenvalue weighted by Gasteiger charge is -2.28. The van der Waals surface area contributed by atoms with Crippen LogP contribution < -0.4 is 4.74 Å². The van der Waals surface area contributed by atoms with Gasteiger partial charge in [0.1, 0.15) is 5.60 Å². The van der Waals surface area contributed by atoms with E-state index in [0.29, 0.717) is 18.6 Å². The summed E-state index contributed by atoms with van der Waals surface area (Å²) in [5.41, 5.74) is -0.208. The fourth-order valence-corrected chi connectivity index (χ4v) is 3.07. The van der Waals surface area contributed by atoms with Gasteiger partial charge in [0.15, 0.2) is 11.5 Å². The molecule has 7 nitrogen and oxygen atoms in total. The van der Waals surface area contributed by atoms with Crippen LogP contribution in [0.15, 0.2) is 36.4 Å². The van der Waals surface area contributed by atoms with Crippen molar-refractivity contribution in [3.63, 3.8) is 0 Å². The van der Waals surface area contributed by atoms with Crippen LogP contribution in [0.4, 0.5) is 0 Å². The highest BCUT2D eigenvalue weighted by atomic mass is 16.5. The Morgan fingerprint density at radius 2 is 1.83 bits per heavy atom. The highest BCUT2D eigenvalue weighted by Crippen LogP contribution is 2.34. The van der Waals surface area contributed by atoms with Crippen LogP contribution >= 0.6 is 0 Å². The second-order valence-electron chi connectivity index (χ2n) is 6.93. The summed E-state index contributed by atoms with van der Waals surface area (Å²) in [4.78, 5) is 28.9. The number of ketones is 1. The van der Waals surface area contributed by atoms with Gasteiger partial charge in [0.2, 0.25) is 5.88 Å². The molecule has 1 aromatic carbocycles. The van der Waals surface area contributed by atoms with Crippen molar-refractivity contribution in [1.82, 2.24) is 4.98 Å². The van der Waals surface area contributed by atoms with Crippen LogP contribution in [0.2, 0.25) is 0 Å². The number of hydrogen-bond donors (Lipinski definition) is 1. The van der Waals surface area contributed by atoms with Gasteiger partial charge in [-0.05, 0) is 31.4 Å². The van der Waals surface area contributed by atoms with Crippen molar-refractivity contribution in [2.75, 3.05) is 13.7 Å². The average molecular weight is 415 g/mol. The van der Waals surface area contributed by atoms with Crippen LogP contribution in [-0.2, 0) is 33.1 Å². The fraction of sp³-hybridized carbons (Fsp3) is 0.435. The van der Waals surface area contributed by atoms with E-state index >= 15 is 0 Å². The van der Waals surface area contributed by atoms with Gasteiger partial charge in [-0.2, -0.15) is 0 Å². The predicted octanol–water partition coefficient (Wildman–Crippen LogP) is 3.56. The van der Waals surface area contributed by atoms with Crippen LogP contribution in [0.25, 0.3) is 0 Å². The fourth-order valence-electron chi connectivity index (χ4n) is 3.07. The molecule has 1 unspecified atom stereocenters. The van der Waals surface area contributed by atoms with Crippen molar-refractivity contribution in [2.24, 2.45) is 0 Å². The van der Waals surface area contributed by atoms with Gasteiger partial charge >= 0.3 is 5.97 Å². The molecule has 0 saturated heterocycles. The lowest BCUT2D eigenvalue weighted by atomic mass is 9.84. The Hall–Kier alpha value is -2.77. The number of rotatable bonds is 11. The number of ether oxygens (including phenoxy) is 3. The van der Waals surface area contributed by atoms with E-state index in [1.165, 1.54) is 20.1 Å². The molecule has 7 heteroatoms. The quantitative estimate of drug-likeness (QED) is 0.561. The second kappa shape index (κ2) is 10.8. The molecule has 0 aliphatic carbocycles. The largest absolute Gasteiger partial charge is 0.481 e. The normalized spacial score (nSPS) is 12.8. The monoisotopic (exact) mass is 415 g/mol. The Kier molecular flexibility index (Phi) is 8.50. The van der Waals surface area contributed by atoms with Gasteiger partial charge < -0.3 is 19.3 Å². The Bertz CT molecular complexity index is 867. The molecular weight excluding hydrogens is 386 g/mol. The van der Waals surface area contributed by atoms with Crippen LogP contribution in [-0.4, -0.2) is 35.6 Å². The molecule has 1 heterocycles. The first-order chi connectivity index (χ1) is 14.4.